The van der Waals surface area contributed by atoms with E-state index in [4.69, 9.17) is 4.74 Å². The van der Waals surface area contributed by atoms with Crippen molar-refractivity contribution in [2.75, 3.05) is 0 Å². The highest BCUT2D eigenvalue weighted by atomic mass is 16.5. The van der Waals surface area contributed by atoms with Gasteiger partial charge in [0.05, 0.1) is 11.7 Å². The number of ether oxygens (including phenoxy) is 1. The minimum absolute atomic E-state index is 0.0868. The van der Waals surface area contributed by atoms with Crippen LogP contribution in [0.1, 0.15) is 60.8 Å². The summed E-state index contributed by atoms with van der Waals surface area (Å²) in [5.41, 5.74) is 0.108. The average Bonchev–Trinajstić information content (AvgIpc) is 2.51. The molecule has 0 aliphatic heterocycles. The monoisotopic (exact) mass is 252 g/mol. The standard InChI is InChI=1S/C16H28O2/c1-10-9-16(6)12(11(2)14(10)17)7-8-13(16)18-15(3,4)5/h10-13H,7-9H2,1-6H3/t10-,11+,12+,13+,16+/m0/s1. The lowest BCUT2D eigenvalue weighted by molar-refractivity contribution is -0.148. The summed E-state index contributed by atoms with van der Waals surface area (Å²) in [5.74, 6) is 1.40. The highest BCUT2D eigenvalue weighted by Gasteiger charge is 2.55. The summed E-state index contributed by atoms with van der Waals surface area (Å²) in [7, 11) is 0. The van der Waals surface area contributed by atoms with Crippen molar-refractivity contribution in [3.05, 3.63) is 0 Å². The van der Waals surface area contributed by atoms with Crippen LogP contribution in [-0.2, 0) is 9.53 Å². The van der Waals surface area contributed by atoms with E-state index in [1.165, 1.54) is 0 Å². The molecule has 2 heteroatoms. The van der Waals surface area contributed by atoms with Gasteiger partial charge in [-0.3, -0.25) is 4.79 Å². The Morgan fingerprint density at radius 3 is 2.39 bits per heavy atom. The van der Waals surface area contributed by atoms with Gasteiger partial charge in [0.2, 0.25) is 0 Å². The van der Waals surface area contributed by atoms with Gasteiger partial charge in [-0.05, 0) is 51.4 Å². The topological polar surface area (TPSA) is 26.3 Å². The van der Waals surface area contributed by atoms with E-state index in [0.717, 1.165) is 19.3 Å². The van der Waals surface area contributed by atoms with E-state index in [-0.39, 0.29) is 22.9 Å². The van der Waals surface area contributed by atoms with Crippen molar-refractivity contribution in [1.29, 1.82) is 0 Å². The summed E-state index contributed by atoms with van der Waals surface area (Å²) < 4.78 is 6.29. The zero-order valence-electron chi connectivity index (χ0n) is 12.7. The first-order valence-corrected chi connectivity index (χ1v) is 7.36. The van der Waals surface area contributed by atoms with Gasteiger partial charge in [0.25, 0.3) is 0 Å². The Balaban J connectivity index is 2.22. The zero-order chi connectivity index (χ0) is 13.7. The molecular weight excluding hydrogens is 224 g/mol. The number of hydrogen-bond donors (Lipinski definition) is 0. The van der Waals surface area contributed by atoms with Gasteiger partial charge in [-0.2, -0.15) is 0 Å². The molecule has 0 heterocycles. The molecular formula is C16H28O2. The van der Waals surface area contributed by atoms with Crippen LogP contribution in [0.5, 0.6) is 0 Å². The van der Waals surface area contributed by atoms with Crippen LogP contribution in [0, 0.1) is 23.2 Å². The lowest BCUT2D eigenvalue weighted by atomic mass is 9.60. The van der Waals surface area contributed by atoms with Crippen molar-refractivity contribution in [3.63, 3.8) is 0 Å². The van der Waals surface area contributed by atoms with Crippen molar-refractivity contribution in [2.24, 2.45) is 23.2 Å². The molecule has 0 aromatic carbocycles. The number of hydrogen-bond acceptors (Lipinski definition) is 2. The molecule has 0 radical (unpaired) electrons. The number of rotatable bonds is 1. The molecule has 2 aliphatic rings. The summed E-state index contributed by atoms with van der Waals surface area (Å²) >= 11 is 0. The minimum Gasteiger partial charge on any atom is -0.372 e. The molecule has 2 nitrogen and oxygen atoms in total. The molecule has 2 aliphatic carbocycles. The SMILES string of the molecule is C[C@H]1C[C@]2(C)[C@H](CC[C@H]2OC(C)(C)C)[C@@H](C)C1=O. The smallest absolute Gasteiger partial charge is 0.138 e. The Morgan fingerprint density at radius 1 is 1.22 bits per heavy atom. The first-order valence-electron chi connectivity index (χ1n) is 7.36. The maximum atomic E-state index is 12.2. The lowest BCUT2D eigenvalue weighted by Gasteiger charge is -2.46. The first-order chi connectivity index (χ1) is 8.15. The molecule has 18 heavy (non-hydrogen) atoms. The van der Waals surface area contributed by atoms with Gasteiger partial charge >= 0.3 is 0 Å². The van der Waals surface area contributed by atoms with Crippen molar-refractivity contribution >= 4 is 5.78 Å². The van der Waals surface area contributed by atoms with Crippen molar-refractivity contribution in [2.45, 2.75) is 72.5 Å². The van der Waals surface area contributed by atoms with Gasteiger partial charge in [0, 0.05) is 11.8 Å². The Bertz CT molecular complexity index is 341. The number of carbonyl (C=O) groups is 1. The third-order valence-electron chi connectivity index (χ3n) is 5.10. The fourth-order valence-electron chi connectivity index (χ4n) is 4.36. The summed E-state index contributed by atoms with van der Waals surface area (Å²) in [6, 6.07) is 0. The van der Waals surface area contributed by atoms with E-state index in [1.807, 2.05) is 0 Å². The van der Waals surface area contributed by atoms with E-state index < -0.39 is 0 Å². The molecule has 2 fully saturated rings. The molecule has 0 N–H and O–H groups in total. The van der Waals surface area contributed by atoms with Crippen molar-refractivity contribution in [3.8, 4) is 0 Å². The number of carbonyl (C=O) groups excluding carboxylic acids is 1. The van der Waals surface area contributed by atoms with E-state index >= 15 is 0 Å². The van der Waals surface area contributed by atoms with Crippen molar-refractivity contribution < 1.29 is 9.53 Å². The number of fused-ring (bicyclic) bond motifs is 1. The van der Waals surface area contributed by atoms with Crippen LogP contribution in [0.4, 0.5) is 0 Å². The van der Waals surface area contributed by atoms with E-state index in [2.05, 4.69) is 41.5 Å². The first kappa shape index (κ1) is 14.0. The van der Waals surface area contributed by atoms with Gasteiger partial charge in [0.1, 0.15) is 5.78 Å². The van der Waals surface area contributed by atoms with Crippen LogP contribution in [0.3, 0.4) is 0 Å². The zero-order valence-corrected chi connectivity index (χ0v) is 12.7. The van der Waals surface area contributed by atoms with Crippen LogP contribution in [0.25, 0.3) is 0 Å². The normalized spacial score (nSPS) is 45.1. The van der Waals surface area contributed by atoms with Gasteiger partial charge < -0.3 is 4.74 Å². The highest BCUT2D eigenvalue weighted by Crippen LogP contribution is 2.56. The summed E-state index contributed by atoms with van der Waals surface area (Å²) in [4.78, 5) is 12.2. The average molecular weight is 252 g/mol. The third-order valence-corrected chi connectivity index (χ3v) is 5.10. The Morgan fingerprint density at radius 2 is 1.83 bits per heavy atom. The van der Waals surface area contributed by atoms with Crippen LogP contribution in [0.2, 0.25) is 0 Å². The van der Waals surface area contributed by atoms with Crippen LogP contribution < -0.4 is 0 Å². The van der Waals surface area contributed by atoms with Gasteiger partial charge in [-0.25, -0.2) is 0 Å². The molecule has 0 amide bonds. The molecule has 2 saturated carbocycles. The van der Waals surface area contributed by atoms with Crippen LogP contribution >= 0.6 is 0 Å². The number of ketones is 1. The quantitative estimate of drug-likeness (QED) is 0.709. The Kier molecular flexibility index (Phi) is 3.38. The molecule has 0 saturated heterocycles. The summed E-state index contributed by atoms with van der Waals surface area (Å²) in [6.07, 6.45) is 3.59. The van der Waals surface area contributed by atoms with Crippen LogP contribution in [0.15, 0.2) is 0 Å². The molecule has 0 aromatic heterocycles. The number of Topliss-reactive ketones (excluding diaryl/α,β-unsaturated/α-hetero) is 1. The van der Waals surface area contributed by atoms with Gasteiger partial charge in [0.15, 0.2) is 0 Å². The second-order valence-corrected chi connectivity index (χ2v) is 7.70. The maximum Gasteiger partial charge on any atom is 0.138 e. The minimum atomic E-state index is -0.0868. The van der Waals surface area contributed by atoms with Crippen LogP contribution in [-0.4, -0.2) is 17.5 Å². The van der Waals surface area contributed by atoms with E-state index in [9.17, 15) is 4.79 Å². The summed E-state index contributed by atoms with van der Waals surface area (Å²) in [6.45, 7) is 13.0. The fraction of sp³-hybridized carbons (Fsp3) is 0.938. The maximum absolute atomic E-state index is 12.2. The molecule has 104 valence electrons. The second-order valence-electron chi connectivity index (χ2n) is 7.70. The molecule has 0 spiro atoms. The van der Waals surface area contributed by atoms with Crippen molar-refractivity contribution in [1.82, 2.24) is 0 Å². The predicted molar refractivity (Wildman–Crippen MR) is 73.4 cm³/mol. The molecule has 0 unspecified atom stereocenters. The largest absolute Gasteiger partial charge is 0.372 e. The Labute approximate surface area is 111 Å². The predicted octanol–water partition coefficient (Wildman–Crippen LogP) is 3.83. The molecule has 5 atom stereocenters. The Hall–Kier alpha value is -0.370. The fourth-order valence-corrected chi connectivity index (χ4v) is 4.36. The highest BCUT2D eigenvalue weighted by molar-refractivity contribution is 5.84. The molecule has 0 bridgehead atoms. The molecule has 0 aromatic rings. The van der Waals surface area contributed by atoms with E-state index in [0.29, 0.717) is 17.8 Å². The second kappa shape index (κ2) is 4.33. The summed E-state index contributed by atoms with van der Waals surface area (Å²) in [5, 5.41) is 0. The lowest BCUT2D eigenvalue weighted by Crippen LogP contribution is -2.48. The molecule has 2 rings (SSSR count). The van der Waals surface area contributed by atoms with Gasteiger partial charge in [-0.1, -0.05) is 20.8 Å². The third kappa shape index (κ3) is 2.24. The van der Waals surface area contributed by atoms with Gasteiger partial charge in [-0.15, -0.1) is 0 Å². The van der Waals surface area contributed by atoms with E-state index in [1.54, 1.807) is 0 Å².